The highest BCUT2D eigenvalue weighted by atomic mass is 32.1. The van der Waals surface area contributed by atoms with Gasteiger partial charge in [-0.1, -0.05) is 12.1 Å². The summed E-state index contributed by atoms with van der Waals surface area (Å²) in [5.74, 6) is 0. The van der Waals surface area contributed by atoms with E-state index in [9.17, 15) is 0 Å². The average molecular weight is 266 g/mol. The molecule has 0 fully saturated rings. The van der Waals surface area contributed by atoms with Crippen molar-refractivity contribution in [1.82, 2.24) is 9.55 Å². The predicted octanol–water partition coefficient (Wildman–Crippen LogP) is 2.75. The Bertz CT molecular complexity index is 547. The number of aromatic amines is 1. The molecule has 4 nitrogen and oxygen atoms in total. The van der Waals surface area contributed by atoms with Crippen molar-refractivity contribution in [1.29, 1.82) is 0 Å². The topological polar surface area (TPSA) is 39.2 Å². The summed E-state index contributed by atoms with van der Waals surface area (Å²) in [5.41, 5.74) is 2.24. The van der Waals surface area contributed by atoms with Crippen molar-refractivity contribution < 1.29 is 9.47 Å². The summed E-state index contributed by atoms with van der Waals surface area (Å²) in [6.45, 7) is 2.89. The third kappa shape index (κ3) is 3.19. The van der Waals surface area contributed by atoms with E-state index < -0.39 is 0 Å². The molecule has 0 saturated carbocycles. The first-order valence-corrected chi connectivity index (χ1v) is 6.48. The smallest absolute Gasteiger partial charge is 0.178 e. The summed E-state index contributed by atoms with van der Waals surface area (Å²) in [6.07, 6.45) is 0.944. The predicted molar refractivity (Wildman–Crippen MR) is 74.4 cm³/mol. The lowest BCUT2D eigenvalue weighted by Crippen LogP contribution is -2.06. The first-order valence-electron chi connectivity index (χ1n) is 6.07. The Morgan fingerprint density at radius 3 is 2.89 bits per heavy atom. The molecule has 0 aliphatic heterocycles. The first-order chi connectivity index (χ1) is 8.83. The minimum Gasteiger partial charge on any atom is -0.382 e. The van der Waals surface area contributed by atoms with Crippen LogP contribution in [-0.2, 0) is 16.0 Å². The fourth-order valence-corrected chi connectivity index (χ4v) is 2.20. The standard InChI is InChI=1S/C13H18N2O2S/c1-16-9-10-17-8-4-7-15-12-6-3-2-5-11(12)14-13(15)18/h2-3,5-6H,4,7-10H2,1H3,(H,14,18). The zero-order valence-corrected chi connectivity index (χ0v) is 11.3. The Balaban J connectivity index is 1.91. The molecular weight excluding hydrogens is 248 g/mol. The van der Waals surface area contributed by atoms with Gasteiger partial charge in [0.05, 0.1) is 24.2 Å². The molecule has 0 aliphatic carbocycles. The number of rotatable bonds is 7. The molecule has 0 atom stereocenters. The van der Waals surface area contributed by atoms with E-state index in [-0.39, 0.29) is 0 Å². The van der Waals surface area contributed by atoms with E-state index in [0.29, 0.717) is 13.2 Å². The number of imidazole rings is 1. The van der Waals surface area contributed by atoms with E-state index in [1.165, 1.54) is 0 Å². The van der Waals surface area contributed by atoms with Gasteiger partial charge in [0.15, 0.2) is 4.77 Å². The van der Waals surface area contributed by atoms with Crippen molar-refractivity contribution in [2.45, 2.75) is 13.0 Å². The van der Waals surface area contributed by atoms with E-state index in [0.717, 1.165) is 35.4 Å². The molecule has 0 saturated heterocycles. The summed E-state index contributed by atoms with van der Waals surface area (Å²) in [4.78, 5) is 3.21. The Morgan fingerprint density at radius 1 is 1.22 bits per heavy atom. The maximum absolute atomic E-state index is 5.44. The lowest BCUT2D eigenvalue weighted by atomic mass is 10.3. The number of para-hydroxylation sites is 2. The van der Waals surface area contributed by atoms with Crippen molar-refractivity contribution in [2.24, 2.45) is 0 Å². The van der Waals surface area contributed by atoms with E-state index in [1.54, 1.807) is 7.11 Å². The van der Waals surface area contributed by atoms with Crippen LogP contribution in [0.5, 0.6) is 0 Å². The Kier molecular flexibility index (Phi) is 4.92. The van der Waals surface area contributed by atoms with Crippen LogP contribution < -0.4 is 0 Å². The van der Waals surface area contributed by atoms with Gasteiger partial charge >= 0.3 is 0 Å². The number of nitrogens with one attached hydrogen (secondary N) is 1. The van der Waals surface area contributed by atoms with Crippen molar-refractivity contribution in [3.8, 4) is 0 Å². The number of methoxy groups -OCH3 is 1. The molecule has 0 spiro atoms. The van der Waals surface area contributed by atoms with Crippen LogP contribution in [0.2, 0.25) is 0 Å². The zero-order valence-electron chi connectivity index (χ0n) is 10.5. The van der Waals surface area contributed by atoms with Crippen LogP contribution in [0.15, 0.2) is 24.3 Å². The lowest BCUT2D eigenvalue weighted by molar-refractivity contribution is 0.0681. The number of hydrogen-bond donors (Lipinski definition) is 1. The van der Waals surface area contributed by atoms with Gasteiger partial charge in [-0.05, 0) is 30.8 Å². The van der Waals surface area contributed by atoms with Gasteiger partial charge in [-0.15, -0.1) is 0 Å². The zero-order chi connectivity index (χ0) is 12.8. The average Bonchev–Trinajstić information content (AvgIpc) is 2.70. The highest BCUT2D eigenvalue weighted by Crippen LogP contribution is 2.13. The monoisotopic (exact) mass is 266 g/mol. The number of nitrogens with zero attached hydrogens (tertiary/aromatic N) is 1. The Hall–Kier alpha value is -1.17. The SMILES string of the molecule is COCCOCCCn1c(=S)[nH]c2ccccc21. The number of hydrogen-bond acceptors (Lipinski definition) is 3. The summed E-state index contributed by atoms with van der Waals surface area (Å²) in [5, 5.41) is 0. The quantitative estimate of drug-likeness (QED) is 0.618. The lowest BCUT2D eigenvalue weighted by Gasteiger charge is -2.05. The molecule has 1 heterocycles. The molecule has 0 aliphatic rings. The van der Waals surface area contributed by atoms with Gasteiger partial charge in [0.2, 0.25) is 0 Å². The second-order valence-corrected chi connectivity index (χ2v) is 4.44. The summed E-state index contributed by atoms with van der Waals surface area (Å²) in [7, 11) is 1.68. The van der Waals surface area contributed by atoms with Crippen LogP contribution >= 0.6 is 12.2 Å². The second kappa shape index (κ2) is 6.68. The Labute approximate surface area is 112 Å². The molecule has 1 aromatic carbocycles. The van der Waals surface area contributed by atoms with E-state index in [2.05, 4.69) is 15.6 Å². The van der Waals surface area contributed by atoms with Gasteiger partial charge in [-0.3, -0.25) is 0 Å². The number of aromatic nitrogens is 2. The third-order valence-corrected chi connectivity index (χ3v) is 3.11. The molecule has 0 amide bonds. The molecule has 0 bridgehead atoms. The van der Waals surface area contributed by atoms with Gasteiger partial charge in [-0.25, -0.2) is 0 Å². The molecule has 1 N–H and O–H groups in total. The van der Waals surface area contributed by atoms with E-state index in [1.807, 2.05) is 18.2 Å². The highest BCUT2D eigenvalue weighted by molar-refractivity contribution is 7.71. The van der Waals surface area contributed by atoms with Gasteiger partial charge in [-0.2, -0.15) is 0 Å². The van der Waals surface area contributed by atoms with Gasteiger partial charge in [0.1, 0.15) is 0 Å². The number of benzene rings is 1. The molecule has 0 radical (unpaired) electrons. The molecule has 18 heavy (non-hydrogen) atoms. The van der Waals surface area contributed by atoms with Gasteiger partial charge in [0, 0.05) is 20.3 Å². The van der Waals surface area contributed by atoms with Crippen molar-refractivity contribution in [3.63, 3.8) is 0 Å². The van der Waals surface area contributed by atoms with Crippen LogP contribution in [0.1, 0.15) is 6.42 Å². The summed E-state index contributed by atoms with van der Waals surface area (Å²) in [6, 6.07) is 8.15. The summed E-state index contributed by atoms with van der Waals surface area (Å²) >= 11 is 5.32. The number of fused-ring (bicyclic) bond motifs is 1. The number of ether oxygens (including phenoxy) is 2. The van der Waals surface area contributed by atoms with Crippen molar-refractivity contribution in [3.05, 3.63) is 29.0 Å². The molecule has 98 valence electrons. The second-order valence-electron chi connectivity index (χ2n) is 4.06. The van der Waals surface area contributed by atoms with Gasteiger partial charge < -0.3 is 19.0 Å². The largest absolute Gasteiger partial charge is 0.382 e. The fourth-order valence-electron chi connectivity index (χ4n) is 1.90. The van der Waals surface area contributed by atoms with Crippen LogP contribution in [0, 0.1) is 4.77 Å². The summed E-state index contributed by atoms with van der Waals surface area (Å²) < 4.78 is 13.2. The van der Waals surface area contributed by atoms with Crippen molar-refractivity contribution >= 4 is 23.3 Å². The van der Waals surface area contributed by atoms with Crippen LogP contribution in [0.4, 0.5) is 0 Å². The highest BCUT2D eigenvalue weighted by Gasteiger charge is 2.02. The molecule has 2 rings (SSSR count). The minimum atomic E-state index is 0.645. The molecule has 1 aromatic heterocycles. The normalized spacial score (nSPS) is 11.2. The maximum atomic E-state index is 5.44. The molecular formula is C13H18N2O2S. The van der Waals surface area contributed by atoms with Gasteiger partial charge in [0.25, 0.3) is 0 Å². The first kappa shape index (κ1) is 13.3. The molecule has 0 unspecified atom stereocenters. The maximum Gasteiger partial charge on any atom is 0.178 e. The van der Waals surface area contributed by atoms with E-state index in [4.69, 9.17) is 21.7 Å². The molecule has 5 heteroatoms. The minimum absolute atomic E-state index is 0.645. The Morgan fingerprint density at radius 2 is 2.06 bits per heavy atom. The fraction of sp³-hybridized carbons (Fsp3) is 0.462. The van der Waals surface area contributed by atoms with Crippen LogP contribution in [0.25, 0.3) is 11.0 Å². The third-order valence-electron chi connectivity index (χ3n) is 2.78. The van der Waals surface area contributed by atoms with Crippen molar-refractivity contribution in [2.75, 3.05) is 26.9 Å². The number of aryl methyl sites for hydroxylation is 1. The van der Waals surface area contributed by atoms with Crippen LogP contribution in [0.3, 0.4) is 0 Å². The number of H-pyrrole nitrogens is 1. The van der Waals surface area contributed by atoms with Crippen LogP contribution in [-0.4, -0.2) is 36.5 Å². The molecule has 2 aromatic rings. The van der Waals surface area contributed by atoms with E-state index >= 15 is 0 Å².